The van der Waals surface area contributed by atoms with E-state index in [9.17, 15) is 4.79 Å². The summed E-state index contributed by atoms with van der Waals surface area (Å²) in [5, 5.41) is 0.398. The number of methoxy groups -OCH3 is 1. The third-order valence-electron chi connectivity index (χ3n) is 2.20. The minimum absolute atomic E-state index is 0.253. The summed E-state index contributed by atoms with van der Waals surface area (Å²) in [5.74, 6) is 0.0895. The van der Waals surface area contributed by atoms with Crippen molar-refractivity contribution in [2.24, 2.45) is 0 Å². The van der Waals surface area contributed by atoms with Crippen LogP contribution in [0.4, 0.5) is 0 Å². The van der Waals surface area contributed by atoms with Gasteiger partial charge < -0.3 is 4.74 Å². The van der Waals surface area contributed by atoms with E-state index in [4.69, 9.17) is 16.3 Å². The molecule has 5 heteroatoms. The first-order valence-electron chi connectivity index (χ1n) is 4.87. The van der Waals surface area contributed by atoms with Crippen LogP contribution in [0.25, 0.3) is 0 Å². The van der Waals surface area contributed by atoms with Crippen molar-refractivity contribution >= 4 is 17.4 Å². The topological polar surface area (TPSA) is 52.1 Å². The van der Waals surface area contributed by atoms with E-state index >= 15 is 0 Å². The molecule has 86 valence electrons. The molecule has 0 N–H and O–H groups in total. The number of carbonyl (C=O) groups is 1. The molecule has 4 nitrogen and oxygen atoms in total. The van der Waals surface area contributed by atoms with Crippen LogP contribution in [0.3, 0.4) is 0 Å². The minimum atomic E-state index is -0.253. The fraction of sp³-hybridized carbons (Fsp3) is 0.0833. The Labute approximate surface area is 103 Å². The molecule has 2 aromatic rings. The second-order valence-corrected chi connectivity index (χ2v) is 3.66. The van der Waals surface area contributed by atoms with E-state index in [1.165, 1.54) is 19.5 Å². The molecule has 0 fully saturated rings. The molecule has 0 saturated carbocycles. The van der Waals surface area contributed by atoms with E-state index in [0.717, 1.165) is 0 Å². The monoisotopic (exact) mass is 248 g/mol. The lowest BCUT2D eigenvalue weighted by Gasteiger charge is -2.03. The molecule has 2 rings (SSSR count). The van der Waals surface area contributed by atoms with Crippen molar-refractivity contribution in [1.29, 1.82) is 0 Å². The van der Waals surface area contributed by atoms with Crippen LogP contribution >= 0.6 is 11.6 Å². The fourth-order valence-corrected chi connectivity index (χ4v) is 1.58. The van der Waals surface area contributed by atoms with E-state index < -0.39 is 0 Å². The van der Waals surface area contributed by atoms with Crippen molar-refractivity contribution in [3.05, 3.63) is 52.9 Å². The van der Waals surface area contributed by atoms with Gasteiger partial charge in [-0.25, -0.2) is 9.97 Å². The number of rotatable bonds is 3. The first-order chi connectivity index (χ1) is 8.22. The van der Waals surface area contributed by atoms with Gasteiger partial charge in [0.05, 0.1) is 12.1 Å². The van der Waals surface area contributed by atoms with Crippen LogP contribution in [0.5, 0.6) is 5.88 Å². The van der Waals surface area contributed by atoms with E-state index in [1.807, 2.05) is 0 Å². The Morgan fingerprint density at radius 1 is 1.29 bits per heavy atom. The van der Waals surface area contributed by atoms with Gasteiger partial charge in [-0.2, -0.15) is 0 Å². The highest BCUT2D eigenvalue weighted by atomic mass is 35.5. The van der Waals surface area contributed by atoms with Gasteiger partial charge in [0.2, 0.25) is 11.7 Å². The average Bonchev–Trinajstić information content (AvgIpc) is 2.38. The van der Waals surface area contributed by atoms with Crippen molar-refractivity contribution < 1.29 is 9.53 Å². The number of benzene rings is 1. The lowest BCUT2D eigenvalue weighted by molar-refractivity contribution is 0.103. The maximum atomic E-state index is 12.1. The van der Waals surface area contributed by atoms with E-state index in [-0.39, 0.29) is 11.5 Å². The Morgan fingerprint density at radius 2 is 2.06 bits per heavy atom. The highest BCUT2D eigenvalue weighted by Gasteiger charge is 2.14. The van der Waals surface area contributed by atoms with Crippen molar-refractivity contribution in [2.45, 2.75) is 0 Å². The molecule has 1 heterocycles. The molecular formula is C12H9ClN2O2. The summed E-state index contributed by atoms with van der Waals surface area (Å²) in [7, 11) is 1.48. The van der Waals surface area contributed by atoms with Crippen LogP contribution < -0.4 is 4.74 Å². The SMILES string of the molecule is COc1cc(C(=O)c2ccccc2Cl)ncn1. The number of hydrogen-bond donors (Lipinski definition) is 0. The second-order valence-electron chi connectivity index (χ2n) is 3.25. The summed E-state index contributed by atoms with van der Waals surface area (Å²) in [6, 6.07) is 8.30. The summed E-state index contributed by atoms with van der Waals surface area (Å²) < 4.78 is 4.93. The Balaban J connectivity index is 2.40. The number of hydrogen-bond acceptors (Lipinski definition) is 4. The molecule has 0 spiro atoms. The normalized spacial score (nSPS) is 10.0. The third-order valence-corrected chi connectivity index (χ3v) is 2.53. The summed E-state index contributed by atoms with van der Waals surface area (Å²) in [5.41, 5.74) is 0.667. The molecule has 0 bridgehead atoms. The van der Waals surface area contributed by atoms with Gasteiger partial charge in [0, 0.05) is 11.6 Å². The van der Waals surface area contributed by atoms with Crippen LogP contribution in [0.1, 0.15) is 16.1 Å². The molecule has 0 aliphatic rings. The zero-order chi connectivity index (χ0) is 12.3. The third kappa shape index (κ3) is 2.42. The van der Waals surface area contributed by atoms with Gasteiger partial charge in [-0.3, -0.25) is 4.79 Å². The molecule has 0 unspecified atom stereocenters. The highest BCUT2D eigenvalue weighted by molar-refractivity contribution is 6.34. The standard InChI is InChI=1S/C12H9ClN2O2/c1-17-11-6-10(14-7-15-11)12(16)8-4-2-3-5-9(8)13/h2-7H,1H3. The van der Waals surface area contributed by atoms with Crippen LogP contribution in [-0.4, -0.2) is 22.9 Å². The highest BCUT2D eigenvalue weighted by Crippen LogP contribution is 2.19. The van der Waals surface area contributed by atoms with Gasteiger partial charge in [0.15, 0.2) is 0 Å². The van der Waals surface area contributed by atoms with Gasteiger partial charge in [0.25, 0.3) is 0 Å². The van der Waals surface area contributed by atoms with Gasteiger partial charge in [-0.05, 0) is 12.1 Å². The molecule has 17 heavy (non-hydrogen) atoms. The van der Waals surface area contributed by atoms with Crippen LogP contribution in [0, 0.1) is 0 Å². The molecule has 0 atom stereocenters. The van der Waals surface area contributed by atoms with Crippen LogP contribution in [-0.2, 0) is 0 Å². The number of ether oxygens (including phenoxy) is 1. The van der Waals surface area contributed by atoms with Crippen molar-refractivity contribution in [2.75, 3.05) is 7.11 Å². The smallest absolute Gasteiger partial charge is 0.216 e. The predicted molar refractivity (Wildman–Crippen MR) is 63.5 cm³/mol. The minimum Gasteiger partial charge on any atom is -0.481 e. The van der Waals surface area contributed by atoms with Crippen LogP contribution in [0.15, 0.2) is 36.7 Å². The van der Waals surface area contributed by atoms with Gasteiger partial charge in [0.1, 0.15) is 12.0 Å². The lowest BCUT2D eigenvalue weighted by atomic mass is 10.1. The first-order valence-corrected chi connectivity index (χ1v) is 5.25. The summed E-state index contributed by atoms with van der Waals surface area (Å²) >= 11 is 5.95. The molecule has 1 aromatic heterocycles. The van der Waals surface area contributed by atoms with E-state index in [2.05, 4.69) is 9.97 Å². The van der Waals surface area contributed by atoms with Gasteiger partial charge >= 0.3 is 0 Å². The van der Waals surface area contributed by atoms with E-state index in [1.54, 1.807) is 24.3 Å². The fourth-order valence-electron chi connectivity index (χ4n) is 1.36. The molecular weight excluding hydrogens is 240 g/mol. The second kappa shape index (κ2) is 4.93. The molecule has 0 aliphatic heterocycles. The number of carbonyl (C=O) groups excluding carboxylic acids is 1. The quantitative estimate of drug-likeness (QED) is 0.783. The van der Waals surface area contributed by atoms with Crippen LogP contribution in [0.2, 0.25) is 5.02 Å². The first kappa shape index (κ1) is 11.5. The zero-order valence-electron chi connectivity index (χ0n) is 9.05. The Kier molecular flexibility index (Phi) is 3.35. The molecule has 0 amide bonds. The van der Waals surface area contributed by atoms with Crippen molar-refractivity contribution in [3.63, 3.8) is 0 Å². The Bertz CT molecular complexity index is 558. The Hall–Kier alpha value is -1.94. The lowest BCUT2D eigenvalue weighted by Crippen LogP contribution is -2.05. The largest absolute Gasteiger partial charge is 0.481 e. The van der Waals surface area contributed by atoms with Crippen molar-refractivity contribution in [1.82, 2.24) is 9.97 Å². The summed E-state index contributed by atoms with van der Waals surface area (Å²) in [4.78, 5) is 19.8. The number of halogens is 1. The van der Waals surface area contributed by atoms with E-state index in [0.29, 0.717) is 16.5 Å². The molecule has 0 aliphatic carbocycles. The van der Waals surface area contributed by atoms with Crippen molar-refractivity contribution in [3.8, 4) is 5.88 Å². The maximum absolute atomic E-state index is 12.1. The molecule has 1 aromatic carbocycles. The molecule has 0 radical (unpaired) electrons. The van der Waals surface area contributed by atoms with Gasteiger partial charge in [-0.15, -0.1) is 0 Å². The summed E-state index contributed by atoms with van der Waals surface area (Å²) in [6.07, 6.45) is 1.28. The zero-order valence-corrected chi connectivity index (χ0v) is 9.81. The number of ketones is 1. The molecule has 0 saturated heterocycles. The Morgan fingerprint density at radius 3 is 2.76 bits per heavy atom. The predicted octanol–water partition coefficient (Wildman–Crippen LogP) is 2.37. The average molecular weight is 249 g/mol. The van der Waals surface area contributed by atoms with Gasteiger partial charge in [-0.1, -0.05) is 23.7 Å². The maximum Gasteiger partial charge on any atom is 0.216 e. The number of nitrogens with zero attached hydrogens (tertiary/aromatic N) is 2. The number of aromatic nitrogens is 2. The summed E-state index contributed by atoms with van der Waals surface area (Å²) in [6.45, 7) is 0.